The number of nitrogens with one attached hydrogen (secondary N) is 1. The number of carbonyl (C=O) groups is 1. The van der Waals surface area contributed by atoms with Crippen molar-refractivity contribution < 1.29 is 9.53 Å². The molecule has 1 aromatic carbocycles. The molecule has 2 aliphatic rings. The molecule has 3 rings (SSSR count). The largest absolute Gasteiger partial charge is 0.490 e. The Morgan fingerprint density at radius 2 is 2.19 bits per heavy atom. The minimum absolute atomic E-state index is 0.0549. The van der Waals surface area contributed by atoms with Crippen LogP contribution in [0.2, 0.25) is 0 Å². The van der Waals surface area contributed by atoms with Crippen LogP contribution < -0.4 is 15.8 Å². The average molecular weight is 288 g/mol. The third-order valence-corrected chi connectivity index (χ3v) is 4.53. The zero-order chi connectivity index (χ0) is 14.9. The van der Waals surface area contributed by atoms with E-state index in [1.165, 1.54) is 5.56 Å². The normalized spacial score (nSPS) is 29.1. The summed E-state index contributed by atoms with van der Waals surface area (Å²) in [4.78, 5) is 12.0. The summed E-state index contributed by atoms with van der Waals surface area (Å²) in [5, 5.41) is 3.48. The molecule has 1 aromatic rings. The van der Waals surface area contributed by atoms with Gasteiger partial charge in [-0.15, -0.1) is 0 Å². The maximum Gasteiger partial charge on any atom is 0.237 e. The molecule has 114 valence electrons. The highest BCUT2D eigenvalue weighted by Gasteiger charge is 2.45. The molecule has 0 radical (unpaired) electrons. The predicted molar refractivity (Wildman–Crippen MR) is 82.1 cm³/mol. The second-order valence-electron chi connectivity index (χ2n) is 6.52. The minimum Gasteiger partial charge on any atom is -0.490 e. The van der Waals surface area contributed by atoms with Crippen LogP contribution in [0, 0.1) is 6.92 Å². The molecule has 0 bridgehead atoms. The molecule has 0 aliphatic heterocycles. The van der Waals surface area contributed by atoms with Gasteiger partial charge in [0.2, 0.25) is 5.91 Å². The maximum absolute atomic E-state index is 12.0. The molecule has 2 atom stereocenters. The van der Waals surface area contributed by atoms with Crippen LogP contribution in [0.4, 0.5) is 0 Å². The number of ether oxygens (including phenoxy) is 1. The van der Waals surface area contributed by atoms with Crippen molar-refractivity contribution in [1.82, 2.24) is 5.32 Å². The van der Waals surface area contributed by atoms with Gasteiger partial charge >= 0.3 is 0 Å². The number of aryl methyl sites for hydroxylation is 1. The smallest absolute Gasteiger partial charge is 0.237 e. The number of amides is 1. The molecule has 4 heteroatoms. The first-order chi connectivity index (χ1) is 10.1. The molecule has 2 saturated carbocycles. The van der Waals surface area contributed by atoms with Gasteiger partial charge in [-0.25, -0.2) is 0 Å². The molecular formula is C17H24N2O2. The molecule has 2 aliphatic carbocycles. The van der Waals surface area contributed by atoms with Gasteiger partial charge in [0.15, 0.2) is 0 Å². The number of nitrogens with two attached hydrogens (primary N) is 1. The lowest BCUT2D eigenvalue weighted by Crippen LogP contribution is -2.60. The summed E-state index contributed by atoms with van der Waals surface area (Å²) < 4.78 is 6.10. The number of primary amides is 1. The third kappa shape index (κ3) is 3.38. The fraction of sp³-hybridized carbons (Fsp3) is 0.588. The van der Waals surface area contributed by atoms with Gasteiger partial charge in [0, 0.05) is 12.5 Å². The highest BCUT2D eigenvalue weighted by atomic mass is 16.5. The van der Waals surface area contributed by atoms with Crippen LogP contribution in [-0.4, -0.2) is 23.6 Å². The Kier molecular flexibility index (Phi) is 3.89. The van der Waals surface area contributed by atoms with Gasteiger partial charge in [-0.1, -0.05) is 12.1 Å². The quantitative estimate of drug-likeness (QED) is 0.873. The minimum atomic E-state index is -0.575. The summed E-state index contributed by atoms with van der Waals surface area (Å²) in [5.41, 5.74) is 6.31. The first-order valence-corrected chi connectivity index (χ1v) is 7.88. The van der Waals surface area contributed by atoms with Gasteiger partial charge in [-0.3, -0.25) is 4.79 Å². The topological polar surface area (TPSA) is 64.3 Å². The number of rotatable bonds is 5. The lowest BCUT2D eigenvalue weighted by Gasteiger charge is -2.39. The summed E-state index contributed by atoms with van der Waals surface area (Å²) in [6, 6.07) is 8.53. The van der Waals surface area contributed by atoms with Crippen LogP contribution in [0.15, 0.2) is 24.3 Å². The van der Waals surface area contributed by atoms with E-state index < -0.39 is 5.54 Å². The molecule has 0 spiro atoms. The van der Waals surface area contributed by atoms with E-state index in [2.05, 4.69) is 18.3 Å². The van der Waals surface area contributed by atoms with Gasteiger partial charge in [0.25, 0.3) is 0 Å². The number of hydrogen-bond acceptors (Lipinski definition) is 3. The lowest BCUT2D eigenvalue weighted by atomic mass is 9.79. The summed E-state index contributed by atoms with van der Waals surface area (Å²) in [6.07, 6.45) is 5.81. The van der Waals surface area contributed by atoms with Crippen molar-refractivity contribution in [2.45, 2.75) is 63.1 Å². The zero-order valence-electron chi connectivity index (χ0n) is 12.6. The number of benzene rings is 1. The second-order valence-corrected chi connectivity index (χ2v) is 6.52. The van der Waals surface area contributed by atoms with Crippen LogP contribution >= 0.6 is 0 Å². The number of carbonyl (C=O) groups excluding carboxylic acids is 1. The molecule has 4 nitrogen and oxygen atoms in total. The van der Waals surface area contributed by atoms with Crippen LogP contribution in [0.5, 0.6) is 5.75 Å². The third-order valence-electron chi connectivity index (χ3n) is 4.53. The predicted octanol–water partition coefficient (Wildman–Crippen LogP) is 2.29. The van der Waals surface area contributed by atoms with E-state index in [0.717, 1.165) is 37.9 Å². The van der Waals surface area contributed by atoms with Crippen molar-refractivity contribution in [2.24, 2.45) is 5.73 Å². The highest BCUT2D eigenvalue weighted by molar-refractivity contribution is 5.85. The van der Waals surface area contributed by atoms with E-state index in [1.807, 2.05) is 18.2 Å². The van der Waals surface area contributed by atoms with Gasteiger partial charge in [-0.05, 0) is 56.7 Å². The van der Waals surface area contributed by atoms with Crippen LogP contribution in [-0.2, 0) is 4.79 Å². The van der Waals surface area contributed by atoms with Crippen LogP contribution in [0.3, 0.4) is 0 Å². The maximum atomic E-state index is 12.0. The van der Waals surface area contributed by atoms with Gasteiger partial charge in [0.1, 0.15) is 17.4 Å². The fourth-order valence-electron chi connectivity index (χ4n) is 3.25. The Labute approximate surface area is 126 Å². The monoisotopic (exact) mass is 288 g/mol. The average Bonchev–Trinajstić information content (AvgIpc) is 3.23. The molecule has 3 N–H and O–H groups in total. The summed E-state index contributed by atoms with van der Waals surface area (Å²) in [5.74, 6) is 0.652. The Balaban J connectivity index is 1.70. The van der Waals surface area contributed by atoms with Gasteiger partial charge < -0.3 is 15.8 Å². The molecule has 2 unspecified atom stereocenters. The molecule has 0 saturated heterocycles. The molecular weight excluding hydrogens is 264 g/mol. The standard InChI is InChI=1S/C17H24N2O2/c1-12-4-2-5-14(10-12)21-15-6-3-9-17(11-15,16(18)20)19-13-7-8-13/h2,4-5,10,13,15,19H,3,6-9,11H2,1H3,(H2,18,20). The van der Waals surface area contributed by atoms with E-state index in [1.54, 1.807) is 0 Å². The van der Waals surface area contributed by atoms with E-state index in [9.17, 15) is 4.79 Å². The first kappa shape index (κ1) is 14.4. The van der Waals surface area contributed by atoms with Crippen LogP contribution in [0.1, 0.15) is 44.1 Å². The molecule has 0 aromatic heterocycles. The molecule has 21 heavy (non-hydrogen) atoms. The van der Waals surface area contributed by atoms with Crippen molar-refractivity contribution in [1.29, 1.82) is 0 Å². The van der Waals surface area contributed by atoms with E-state index in [0.29, 0.717) is 12.5 Å². The summed E-state index contributed by atoms with van der Waals surface area (Å²) in [6.45, 7) is 2.05. The zero-order valence-corrected chi connectivity index (χ0v) is 12.6. The Morgan fingerprint density at radius 1 is 1.38 bits per heavy atom. The van der Waals surface area contributed by atoms with Gasteiger partial charge in [-0.2, -0.15) is 0 Å². The van der Waals surface area contributed by atoms with Gasteiger partial charge in [0.05, 0.1) is 0 Å². The fourth-order valence-corrected chi connectivity index (χ4v) is 3.25. The Morgan fingerprint density at radius 3 is 2.86 bits per heavy atom. The van der Waals surface area contributed by atoms with Crippen molar-refractivity contribution in [2.75, 3.05) is 0 Å². The van der Waals surface area contributed by atoms with E-state index in [4.69, 9.17) is 10.5 Å². The summed E-state index contributed by atoms with van der Waals surface area (Å²) in [7, 11) is 0. The van der Waals surface area contributed by atoms with Crippen molar-refractivity contribution >= 4 is 5.91 Å². The van der Waals surface area contributed by atoms with E-state index in [-0.39, 0.29) is 12.0 Å². The first-order valence-electron chi connectivity index (χ1n) is 7.88. The van der Waals surface area contributed by atoms with Crippen molar-refractivity contribution in [3.63, 3.8) is 0 Å². The molecule has 1 amide bonds. The SMILES string of the molecule is Cc1cccc(OC2CCCC(NC3CC3)(C(N)=O)C2)c1. The lowest BCUT2D eigenvalue weighted by molar-refractivity contribution is -0.127. The second kappa shape index (κ2) is 5.68. The summed E-state index contributed by atoms with van der Waals surface area (Å²) >= 11 is 0. The van der Waals surface area contributed by atoms with Crippen molar-refractivity contribution in [3.05, 3.63) is 29.8 Å². The number of hydrogen-bond donors (Lipinski definition) is 2. The molecule has 0 heterocycles. The van der Waals surface area contributed by atoms with Crippen LogP contribution in [0.25, 0.3) is 0 Å². The van der Waals surface area contributed by atoms with Crippen molar-refractivity contribution in [3.8, 4) is 5.75 Å². The molecule has 2 fully saturated rings. The highest BCUT2D eigenvalue weighted by Crippen LogP contribution is 2.34. The van der Waals surface area contributed by atoms with E-state index >= 15 is 0 Å². The Bertz CT molecular complexity index is 527. The Hall–Kier alpha value is -1.55.